The lowest BCUT2D eigenvalue weighted by molar-refractivity contribution is 0.0162. The molecule has 0 radical (unpaired) electrons. The van der Waals surface area contributed by atoms with Crippen molar-refractivity contribution in [2.45, 2.75) is 52.0 Å². The number of hydrogen-bond donors (Lipinski definition) is 0. The van der Waals surface area contributed by atoms with E-state index in [0.29, 0.717) is 12.5 Å². The number of aryl methyl sites for hydroxylation is 1. The number of carbonyl (C=O) groups is 1. The number of nitrogens with zero attached hydrogens (tertiary/aromatic N) is 4. The van der Waals surface area contributed by atoms with Crippen LogP contribution in [0.15, 0.2) is 64.4 Å². The van der Waals surface area contributed by atoms with Crippen molar-refractivity contribution in [2.24, 2.45) is 11.1 Å². The minimum atomic E-state index is 0.105. The van der Waals surface area contributed by atoms with Crippen LogP contribution in [0.2, 0.25) is 0 Å². The first-order chi connectivity index (χ1) is 18.4. The lowest BCUT2D eigenvalue weighted by atomic mass is 9.82. The zero-order chi connectivity index (χ0) is 26.7. The number of piperidine rings is 2. The second-order valence-corrected chi connectivity index (χ2v) is 11.7. The van der Waals surface area contributed by atoms with Gasteiger partial charge in [-0.05, 0) is 94.9 Å². The molecule has 0 unspecified atom stereocenters. The molecule has 2 fully saturated rings. The predicted molar refractivity (Wildman–Crippen MR) is 157 cm³/mol. The molecule has 0 saturated carbocycles. The molecule has 7 heteroatoms. The summed E-state index contributed by atoms with van der Waals surface area (Å²) < 4.78 is 1.07. The first kappa shape index (κ1) is 26.8. The van der Waals surface area contributed by atoms with E-state index in [-0.39, 0.29) is 11.4 Å². The quantitative estimate of drug-likeness (QED) is 0.250. The van der Waals surface area contributed by atoms with Crippen molar-refractivity contribution in [3.8, 4) is 0 Å². The highest BCUT2D eigenvalue weighted by Crippen LogP contribution is 2.34. The predicted octanol–water partition coefficient (Wildman–Crippen LogP) is 6.45. The van der Waals surface area contributed by atoms with Crippen LogP contribution in [-0.2, 0) is 4.84 Å². The van der Waals surface area contributed by atoms with Crippen LogP contribution in [-0.4, -0.2) is 64.7 Å². The minimum absolute atomic E-state index is 0.105. The molecule has 0 spiro atoms. The van der Waals surface area contributed by atoms with Gasteiger partial charge in [-0.15, -0.1) is 0 Å². The number of rotatable bonds is 6. The first-order valence-corrected chi connectivity index (χ1v) is 14.5. The summed E-state index contributed by atoms with van der Waals surface area (Å²) in [5, 5.41) is 5.48. The molecular weight excluding hydrogens is 540 g/mol. The van der Waals surface area contributed by atoms with Crippen LogP contribution in [0.5, 0.6) is 0 Å². The molecule has 0 N–H and O–H groups in total. The van der Waals surface area contributed by atoms with Crippen LogP contribution in [0.25, 0.3) is 10.9 Å². The van der Waals surface area contributed by atoms with Gasteiger partial charge in [-0.2, -0.15) is 0 Å². The van der Waals surface area contributed by atoms with Gasteiger partial charge in [0, 0.05) is 40.6 Å². The number of carbonyl (C=O) groups excluding carboxylic acids is 1. The monoisotopic (exact) mass is 576 g/mol. The molecule has 1 aromatic heterocycles. The number of hydrogen-bond acceptors (Lipinski definition) is 5. The van der Waals surface area contributed by atoms with Crippen LogP contribution < -0.4 is 0 Å². The largest absolute Gasteiger partial charge is 0.396 e. The lowest BCUT2D eigenvalue weighted by Crippen LogP contribution is -2.56. The molecule has 2 aliphatic rings. The third kappa shape index (κ3) is 5.64. The van der Waals surface area contributed by atoms with Crippen LogP contribution in [0.1, 0.15) is 61.0 Å². The average molecular weight is 578 g/mol. The SMILES string of the molecule is CCO/N=C(\c1ccc(Br)cc1)C1CCN(C2(C)CCN(C(=O)c3ccnc4cc(C)ccc34)CC2)CC1. The number of benzene rings is 2. The normalized spacial score (nSPS) is 19.1. The van der Waals surface area contributed by atoms with Gasteiger partial charge in [0.15, 0.2) is 0 Å². The zero-order valence-electron chi connectivity index (χ0n) is 22.6. The van der Waals surface area contributed by atoms with Crippen LogP contribution in [0, 0.1) is 12.8 Å². The Morgan fingerprint density at radius 2 is 1.79 bits per heavy atom. The van der Waals surface area contributed by atoms with Crippen LogP contribution in [0.4, 0.5) is 0 Å². The van der Waals surface area contributed by atoms with Crippen molar-refractivity contribution in [2.75, 3.05) is 32.8 Å². The maximum absolute atomic E-state index is 13.5. The molecule has 3 aromatic rings. The van der Waals surface area contributed by atoms with Crippen molar-refractivity contribution in [1.29, 1.82) is 0 Å². The fourth-order valence-corrected chi connectivity index (χ4v) is 6.20. The number of fused-ring (bicyclic) bond motifs is 1. The second-order valence-electron chi connectivity index (χ2n) is 10.8. The lowest BCUT2D eigenvalue weighted by Gasteiger charge is -2.49. The van der Waals surface area contributed by atoms with Gasteiger partial charge in [0.1, 0.15) is 6.61 Å². The van der Waals surface area contributed by atoms with Gasteiger partial charge in [0.05, 0.1) is 16.8 Å². The Kier molecular flexibility index (Phi) is 8.15. The van der Waals surface area contributed by atoms with Crippen molar-refractivity contribution in [1.82, 2.24) is 14.8 Å². The summed E-state index contributed by atoms with van der Waals surface area (Å²) in [7, 11) is 0. The fraction of sp³-hybridized carbons (Fsp3) is 0.452. The maximum Gasteiger partial charge on any atom is 0.254 e. The molecule has 0 atom stereocenters. The van der Waals surface area contributed by atoms with E-state index in [2.05, 4.69) is 75.1 Å². The van der Waals surface area contributed by atoms with E-state index < -0.39 is 0 Å². The molecule has 6 nitrogen and oxygen atoms in total. The standard InChI is InChI=1S/C31H37BrN4O2/c1-4-38-34-29(23-6-8-25(32)9-7-23)24-12-17-36(18-13-24)31(3)14-19-35(20-15-31)30(37)27-11-16-33-28-21-22(2)5-10-26(27)28/h5-11,16,21,24H,4,12-15,17-20H2,1-3H3/b34-29+. The molecule has 3 heterocycles. The van der Waals surface area contributed by atoms with Crippen molar-refractivity contribution in [3.05, 3.63) is 75.9 Å². The Hall–Kier alpha value is -2.77. The molecule has 2 aliphatic heterocycles. The van der Waals surface area contributed by atoms with Gasteiger partial charge in [-0.1, -0.05) is 45.4 Å². The highest BCUT2D eigenvalue weighted by Gasteiger charge is 2.39. The first-order valence-electron chi connectivity index (χ1n) is 13.7. The van der Waals surface area contributed by atoms with Gasteiger partial charge >= 0.3 is 0 Å². The zero-order valence-corrected chi connectivity index (χ0v) is 24.2. The third-order valence-corrected chi connectivity index (χ3v) is 8.86. The van der Waals surface area contributed by atoms with E-state index in [1.54, 1.807) is 6.20 Å². The van der Waals surface area contributed by atoms with Gasteiger partial charge < -0.3 is 9.74 Å². The van der Waals surface area contributed by atoms with Crippen molar-refractivity contribution < 1.29 is 9.63 Å². The average Bonchev–Trinajstić information content (AvgIpc) is 2.94. The molecule has 1 amide bonds. The minimum Gasteiger partial charge on any atom is -0.396 e. The molecule has 0 aliphatic carbocycles. The van der Waals surface area contributed by atoms with Gasteiger partial charge in [0.2, 0.25) is 0 Å². The summed E-state index contributed by atoms with van der Waals surface area (Å²) in [5.41, 5.74) is 5.10. The molecule has 2 saturated heterocycles. The number of pyridine rings is 1. The summed E-state index contributed by atoms with van der Waals surface area (Å²) in [5.74, 6) is 0.501. The number of amides is 1. The van der Waals surface area contributed by atoms with E-state index in [4.69, 9.17) is 4.84 Å². The van der Waals surface area contributed by atoms with Gasteiger partial charge in [0.25, 0.3) is 5.91 Å². The highest BCUT2D eigenvalue weighted by molar-refractivity contribution is 9.10. The Bertz CT molecular complexity index is 1310. The van der Waals surface area contributed by atoms with Crippen molar-refractivity contribution in [3.63, 3.8) is 0 Å². The fourth-order valence-electron chi connectivity index (χ4n) is 5.93. The molecule has 2 aromatic carbocycles. The number of halogens is 1. The molecule has 38 heavy (non-hydrogen) atoms. The number of likely N-dealkylation sites (tertiary alicyclic amines) is 2. The van der Waals surface area contributed by atoms with E-state index >= 15 is 0 Å². The van der Waals surface area contributed by atoms with E-state index in [9.17, 15) is 4.79 Å². The van der Waals surface area contributed by atoms with E-state index in [1.165, 1.54) is 0 Å². The van der Waals surface area contributed by atoms with Crippen molar-refractivity contribution >= 4 is 38.5 Å². The third-order valence-electron chi connectivity index (χ3n) is 8.33. The Labute approximate surface area is 234 Å². The highest BCUT2D eigenvalue weighted by atomic mass is 79.9. The Balaban J connectivity index is 1.22. The molecule has 0 bridgehead atoms. The maximum atomic E-state index is 13.5. The molecular formula is C31H37BrN4O2. The Morgan fingerprint density at radius 1 is 1.08 bits per heavy atom. The second kappa shape index (κ2) is 11.5. The topological polar surface area (TPSA) is 58.0 Å². The number of aromatic nitrogens is 1. The molecule has 200 valence electrons. The summed E-state index contributed by atoms with van der Waals surface area (Å²) in [6, 6.07) is 16.4. The Morgan fingerprint density at radius 3 is 2.47 bits per heavy atom. The summed E-state index contributed by atoms with van der Waals surface area (Å²) in [6.07, 6.45) is 5.84. The van der Waals surface area contributed by atoms with Crippen LogP contribution >= 0.6 is 15.9 Å². The van der Waals surface area contributed by atoms with Gasteiger partial charge in [-0.25, -0.2) is 0 Å². The summed E-state index contributed by atoms with van der Waals surface area (Å²) in [6.45, 7) is 10.6. The summed E-state index contributed by atoms with van der Waals surface area (Å²) >= 11 is 3.54. The summed E-state index contributed by atoms with van der Waals surface area (Å²) in [4.78, 5) is 28.2. The molecule has 5 rings (SSSR count). The van der Waals surface area contributed by atoms with E-state index in [1.807, 2.05) is 30.0 Å². The smallest absolute Gasteiger partial charge is 0.254 e. The van der Waals surface area contributed by atoms with Crippen LogP contribution in [0.3, 0.4) is 0 Å². The van der Waals surface area contributed by atoms with E-state index in [0.717, 1.165) is 89.6 Å². The number of oxime groups is 1. The van der Waals surface area contributed by atoms with Gasteiger partial charge in [-0.3, -0.25) is 14.7 Å².